The second-order valence-corrected chi connectivity index (χ2v) is 10.7. The Morgan fingerprint density at radius 1 is 1.17 bits per heavy atom. The topological polar surface area (TPSA) is 63.4 Å². The Morgan fingerprint density at radius 2 is 2.00 bits per heavy atom. The molecule has 0 unspecified atom stereocenters. The van der Waals surface area contributed by atoms with Crippen LogP contribution in [0.1, 0.15) is 38.0 Å². The highest BCUT2D eigenvalue weighted by atomic mass is 32.2. The van der Waals surface area contributed by atoms with Gasteiger partial charge in [0.2, 0.25) is 5.89 Å². The van der Waals surface area contributed by atoms with Crippen LogP contribution in [0, 0.1) is 0 Å². The van der Waals surface area contributed by atoms with E-state index >= 15 is 0 Å². The van der Waals surface area contributed by atoms with E-state index in [9.17, 15) is 0 Å². The zero-order chi connectivity index (χ0) is 21.0. The Bertz CT molecular complexity index is 958. The number of oxazole rings is 1. The third kappa shape index (κ3) is 5.85. The molecule has 0 radical (unpaired) electrons. The number of rotatable bonds is 7. The van der Waals surface area contributed by atoms with Crippen molar-refractivity contribution in [1.29, 1.82) is 0 Å². The number of nitrogens with zero attached hydrogens (tertiary/aromatic N) is 3. The molecule has 160 valence electrons. The van der Waals surface area contributed by atoms with Gasteiger partial charge in [-0.25, -0.2) is 9.97 Å². The van der Waals surface area contributed by atoms with Crippen molar-refractivity contribution in [3.63, 3.8) is 0 Å². The standard InChI is InChI=1S/C22H28N4O2S2/c1-22(2,3)18-12-23-19(28-18)15-29-20-13-24-21(30-20)25-17-6-4-5-16(11-17)14-26-7-9-27-10-8-26/h4-6,11-13H,7-10,14-15H2,1-3H3,(H,24,25). The number of thioether (sulfide) groups is 1. The van der Waals surface area contributed by atoms with Gasteiger partial charge in [0.15, 0.2) is 5.13 Å². The number of aromatic nitrogens is 2. The second-order valence-electron chi connectivity index (χ2n) is 8.36. The minimum Gasteiger partial charge on any atom is -0.444 e. The molecule has 1 aromatic carbocycles. The van der Waals surface area contributed by atoms with Gasteiger partial charge in [0, 0.05) is 30.7 Å². The minimum atomic E-state index is -0.0200. The van der Waals surface area contributed by atoms with E-state index in [0.717, 1.165) is 59.5 Å². The van der Waals surface area contributed by atoms with Crippen molar-refractivity contribution in [2.45, 2.75) is 42.7 Å². The molecule has 4 rings (SSSR count). The summed E-state index contributed by atoms with van der Waals surface area (Å²) in [5.74, 6) is 2.37. The summed E-state index contributed by atoms with van der Waals surface area (Å²) in [4.78, 5) is 11.3. The van der Waals surface area contributed by atoms with E-state index in [1.54, 1.807) is 23.1 Å². The maximum absolute atomic E-state index is 5.87. The van der Waals surface area contributed by atoms with Crippen molar-refractivity contribution >= 4 is 33.9 Å². The van der Waals surface area contributed by atoms with Gasteiger partial charge in [-0.1, -0.05) is 44.2 Å². The first kappa shape index (κ1) is 21.4. The van der Waals surface area contributed by atoms with Crippen molar-refractivity contribution < 1.29 is 9.15 Å². The van der Waals surface area contributed by atoms with Gasteiger partial charge in [-0.2, -0.15) is 0 Å². The van der Waals surface area contributed by atoms with E-state index < -0.39 is 0 Å². The van der Waals surface area contributed by atoms with Gasteiger partial charge >= 0.3 is 0 Å². The maximum Gasteiger partial charge on any atom is 0.204 e. The average Bonchev–Trinajstić information content (AvgIpc) is 3.37. The first-order valence-corrected chi connectivity index (χ1v) is 12.0. The summed E-state index contributed by atoms with van der Waals surface area (Å²) < 4.78 is 12.4. The normalized spacial score (nSPS) is 15.4. The molecule has 1 saturated heterocycles. The number of hydrogen-bond acceptors (Lipinski definition) is 8. The average molecular weight is 445 g/mol. The molecule has 0 aliphatic carbocycles. The van der Waals surface area contributed by atoms with Gasteiger partial charge in [0.05, 0.1) is 35.6 Å². The van der Waals surface area contributed by atoms with Gasteiger partial charge < -0.3 is 14.5 Å². The Hall–Kier alpha value is -1.87. The molecule has 8 heteroatoms. The first-order chi connectivity index (χ1) is 14.5. The van der Waals surface area contributed by atoms with Gasteiger partial charge in [0.25, 0.3) is 0 Å². The molecule has 3 heterocycles. The van der Waals surface area contributed by atoms with Gasteiger partial charge in [-0.15, -0.1) is 11.8 Å². The van der Waals surface area contributed by atoms with E-state index in [2.05, 4.69) is 65.2 Å². The second kappa shape index (κ2) is 9.51. The molecular formula is C22H28N4O2S2. The Balaban J connectivity index is 1.32. The molecule has 0 amide bonds. The molecule has 1 fully saturated rings. The van der Waals surface area contributed by atoms with Gasteiger partial charge in [-0.3, -0.25) is 4.90 Å². The molecule has 6 nitrogen and oxygen atoms in total. The van der Waals surface area contributed by atoms with Crippen LogP contribution >= 0.6 is 23.1 Å². The van der Waals surface area contributed by atoms with Crippen molar-refractivity contribution in [2.75, 3.05) is 31.6 Å². The van der Waals surface area contributed by atoms with Crippen LogP contribution in [0.15, 0.2) is 45.3 Å². The monoisotopic (exact) mass is 444 g/mol. The fourth-order valence-corrected chi connectivity index (χ4v) is 4.87. The van der Waals surface area contributed by atoms with E-state index in [-0.39, 0.29) is 5.41 Å². The minimum absolute atomic E-state index is 0.0200. The molecule has 30 heavy (non-hydrogen) atoms. The van der Waals surface area contributed by atoms with Crippen LogP contribution < -0.4 is 5.32 Å². The SMILES string of the molecule is CC(C)(C)c1cnc(CSc2cnc(Nc3cccc(CN4CCOCC4)c3)s2)o1. The van der Waals surface area contributed by atoms with Crippen LogP contribution in [0.25, 0.3) is 0 Å². The predicted octanol–water partition coefficient (Wildman–Crippen LogP) is 5.30. The van der Waals surface area contributed by atoms with Crippen LogP contribution in [0.4, 0.5) is 10.8 Å². The highest BCUT2D eigenvalue weighted by Gasteiger charge is 2.19. The fraction of sp³-hybridized carbons (Fsp3) is 0.455. The van der Waals surface area contributed by atoms with Gasteiger partial charge in [0.1, 0.15) is 5.76 Å². The Kier molecular flexibility index (Phi) is 6.77. The summed E-state index contributed by atoms with van der Waals surface area (Å²) in [7, 11) is 0. The number of ether oxygens (including phenoxy) is 1. The molecule has 0 saturated carbocycles. The lowest BCUT2D eigenvalue weighted by Crippen LogP contribution is -2.35. The summed E-state index contributed by atoms with van der Waals surface area (Å²) >= 11 is 3.34. The van der Waals surface area contributed by atoms with Crippen molar-refractivity contribution in [3.8, 4) is 0 Å². The largest absolute Gasteiger partial charge is 0.444 e. The number of hydrogen-bond donors (Lipinski definition) is 1. The van der Waals surface area contributed by atoms with Crippen molar-refractivity contribution in [2.24, 2.45) is 0 Å². The quantitative estimate of drug-likeness (QED) is 0.496. The molecule has 1 N–H and O–H groups in total. The highest BCUT2D eigenvalue weighted by Crippen LogP contribution is 2.33. The molecule has 3 aromatic rings. The molecule has 1 aliphatic heterocycles. The zero-order valence-electron chi connectivity index (χ0n) is 17.7. The number of anilines is 2. The fourth-order valence-electron chi connectivity index (χ4n) is 3.13. The van der Waals surface area contributed by atoms with Crippen LogP contribution in [0.5, 0.6) is 0 Å². The van der Waals surface area contributed by atoms with Crippen LogP contribution in [0.2, 0.25) is 0 Å². The number of nitrogens with one attached hydrogen (secondary N) is 1. The summed E-state index contributed by atoms with van der Waals surface area (Å²) in [5, 5.41) is 4.33. The maximum atomic E-state index is 5.87. The predicted molar refractivity (Wildman–Crippen MR) is 123 cm³/mol. The summed E-state index contributed by atoms with van der Waals surface area (Å²) in [6.07, 6.45) is 3.74. The van der Waals surface area contributed by atoms with E-state index in [0.29, 0.717) is 5.75 Å². The lowest BCUT2D eigenvalue weighted by molar-refractivity contribution is 0.0342. The molecule has 1 aliphatic rings. The summed E-state index contributed by atoms with van der Waals surface area (Å²) in [6, 6.07) is 8.55. The van der Waals surface area contributed by atoms with Crippen molar-refractivity contribution in [3.05, 3.63) is 53.9 Å². The van der Waals surface area contributed by atoms with Gasteiger partial charge in [-0.05, 0) is 17.7 Å². The highest BCUT2D eigenvalue weighted by molar-refractivity contribution is 8.00. The lowest BCUT2D eigenvalue weighted by atomic mass is 9.94. The smallest absolute Gasteiger partial charge is 0.204 e. The third-order valence-electron chi connectivity index (χ3n) is 4.80. The lowest BCUT2D eigenvalue weighted by Gasteiger charge is -2.26. The van der Waals surface area contributed by atoms with Crippen LogP contribution in [-0.2, 0) is 22.4 Å². The summed E-state index contributed by atoms with van der Waals surface area (Å²) in [6.45, 7) is 11.0. The molecule has 0 atom stereocenters. The molecule has 2 aromatic heterocycles. The van der Waals surface area contributed by atoms with Crippen LogP contribution in [0.3, 0.4) is 0 Å². The summed E-state index contributed by atoms with van der Waals surface area (Å²) in [5.41, 5.74) is 2.34. The zero-order valence-corrected chi connectivity index (χ0v) is 19.3. The van der Waals surface area contributed by atoms with Crippen LogP contribution in [-0.4, -0.2) is 41.2 Å². The third-order valence-corrected chi connectivity index (χ3v) is 6.90. The van der Waals surface area contributed by atoms with Crippen molar-refractivity contribution in [1.82, 2.24) is 14.9 Å². The number of thiazole rings is 1. The van der Waals surface area contributed by atoms with E-state index in [1.807, 2.05) is 12.4 Å². The molecular weight excluding hydrogens is 416 g/mol. The Labute approximate surface area is 186 Å². The number of morpholine rings is 1. The molecule has 0 bridgehead atoms. The molecule has 0 spiro atoms. The number of benzene rings is 1. The van der Waals surface area contributed by atoms with E-state index in [1.165, 1.54) is 5.56 Å². The van der Waals surface area contributed by atoms with E-state index in [4.69, 9.17) is 9.15 Å². The first-order valence-electron chi connectivity index (χ1n) is 10.2. The Morgan fingerprint density at radius 3 is 2.77 bits per heavy atom.